The molecule has 128 valence electrons. The third-order valence-corrected chi connectivity index (χ3v) is 4.49. The Bertz CT molecular complexity index is 674. The van der Waals surface area contributed by atoms with Crippen LogP contribution in [0.3, 0.4) is 0 Å². The summed E-state index contributed by atoms with van der Waals surface area (Å²) in [6.45, 7) is 0.942. The van der Waals surface area contributed by atoms with E-state index in [4.69, 9.17) is 9.47 Å². The number of nitrogens with one attached hydrogen (secondary N) is 1. The molecule has 0 aromatic heterocycles. The maximum atomic E-state index is 12.7. The lowest BCUT2D eigenvalue weighted by molar-refractivity contribution is 0.0699. The minimum absolute atomic E-state index is 0.176. The van der Waals surface area contributed by atoms with Gasteiger partial charge in [0.05, 0.1) is 26.0 Å². The lowest BCUT2D eigenvalue weighted by Gasteiger charge is -2.33. The molecule has 1 unspecified atom stereocenters. The van der Waals surface area contributed by atoms with Crippen LogP contribution in [-0.2, 0) is 10.0 Å². The van der Waals surface area contributed by atoms with Crippen LogP contribution in [0, 0.1) is 0 Å². The molecule has 0 bridgehead atoms. The number of piperidine rings is 1. The standard InChI is InChI=1S/C15H22N2O5S/c1-21-12-6-7-13(14(9-12)22-2)15(18)17-8-4-5-11(10-17)16-23(3,19)20/h6-7,9,11,16H,4-5,8,10H2,1-3H3. The Labute approximate surface area is 136 Å². The second kappa shape index (κ2) is 7.18. The van der Waals surface area contributed by atoms with Crippen LogP contribution in [0.2, 0.25) is 0 Å². The van der Waals surface area contributed by atoms with Crippen molar-refractivity contribution < 1.29 is 22.7 Å². The van der Waals surface area contributed by atoms with E-state index < -0.39 is 10.0 Å². The molecule has 23 heavy (non-hydrogen) atoms. The summed E-state index contributed by atoms with van der Waals surface area (Å²) in [7, 11) is -0.249. The van der Waals surface area contributed by atoms with E-state index in [9.17, 15) is 13.2 Å². The van der Waals surface area contributed by atoms with Crippen molar-refractivity contribution in [2.24, 2.45) is 0 Å². The molecule has 8 heteroatoms. The SMILES string of the molecule is COc1ccc(C(=O)N2CCCC(NS(C)(=O)=O)C2)c(OC)c1. The first-order valence-corrected chi connectivity index (χ1v) is 9.22. The van der Waals surface area contributed by atoms with E-state index in [1.807, 2.05) is 0 Å². The highest BCUT2D eigenvalue weighted by atomic mass is 32.2. The molecule has 2 rings (SSSR count). The van der Waals surface area contributed by atoms with E-state index >= 15 is 0 Å². The number of amides is 1. The van der Waals surface area contributed by atoms with Crippen LogP contribution in [0.1, 0.15) is 23.2 Å². The van der Waals surface area contributed by atoms with E-state index in [-0.39, 0.29) is 11.9 Å². The molecular formula is C15H22N2O5S. The van der Waals surface area contributed by atoms with Crippen molar-refractivity contribution >= 4 is 15.9 Å². The first-order chi connectivity index (χ1) is 10.8. The van der Waals surface area contributed by atoms with Crippen LogP contribution >= 0.6 is 0 Å². The number of likely N-dealkylation sites (tertiary alicyclic amines) is 1. The fraction of sp³-hybridized carbons (Fsp3) is 0.533. The molecule has 1 atom stereocenters. The zero-order valence-corrected chi connectivity index (χ0v) is 14.4. The number of benzene rings is 1. The number of hydrogen-bond acceptors (Lipinski definition) is 5. The normalized spacial score (nSPS) is 18.6. The van der Waals surface area contributed by atoms with Crippen molar-refractivity contribution in [2.45, 2.75) is 18.9 Å². The molecule has 7 nitrogen and oxygen atoms in total. The molecule has 1 aromatic carbocycles. The summed E-state index contributed by atoms with van der Waals surface area (Å²) in [5.74, 6) is 0.866. The first-order valence-electron chi connectivity index (χ1n) is 7.32. The van der Waals surface area contributed by atoms with Crippen molar-refractivity contribution in [3.05, 3.63) is 23.8 Å². The largest absolute Gasteiger partial charge is 0.497 e. The van der Waals surface area contributed by atoms with Crippen LogP contribution in [0.4, 0.5) is 0 Å². The van der Waals surface area contributed by atoms with Crippen molar-refractivity contribution in [3.8, 4) is 11.5 Å². The summed E-state index contributed by atoms with van der Waals surface area (Å²) < 4.78 is 35.7. The summed E-state index contributed by atoms with van der Waals surface area (Å²) in [5, 5.41) is 0. The number of methoxy groups -OCH3 is 2. The van der Waals surface area contributed by atoms with Crippen molar-refractivity contribution in [2.75, 3.05) is 33.6 Å². The minimum Gasteiger partial charge on any atom is -0.497 e. The molecule has 0 spiro atoms. The Morgan fingerprint density at radius 2 is 2.04 bits per heavy atom. The van der Waals surface area contributed by atoms with E-state index in [1.165, 1.54) is 7.11 Å². The predicted octanol–water partition coefficient (Wildman–Crippen LogP) is 0.858. The van der Waals surface area contributed by atoms with Gasteiger partial charge in [-0.2, -0.15) is 0 Å². The number of sulfonamides is 1. The highest BCUT2D eigenvalue weighted by molar-refractivity contribution is 7.88. The molecule has 1 aliphatic heterocycles. The van der Waals surface area contributed by atoms with Gasteiger partial charge in [0.15, 0.2) is 0 Å². The summed E-state index contributed by atoms with van der Waals surface area (Å²) >= 11 is 0. The summed E-state index contributed by atoms with van der Waals surface area (Å²) in [6.07, 6.45) is 2.59. The van der Waals surface area contributed by atoms with Gasteiger partial charge in [-0.1, -0.05) is 0 Å². The minimum atomic E-state index is -3.29. The van der Waals surface area contributed by atoms with E-state index in [1.54, 1.807) is 30.2 Å². The lowest BCUT2D eigenvalue weighted by Crippen LogP contribution is -2.49. The van der Waals surface area contributed by atoms with Gasteiger partial charge in [0.1, 0.15) is 11.5 Å². The summed E-state index contributed by atoms with van der Waals surface area (Å²) in [5.41, 5.74) is 0.438. The lowest BCUT2D eigenvalue weighted by atomic mass is 10.0. The van der Waals surface area contributed by atoms with Gasteiger partial charge in [-0.3, -0.25) is 4.79 Å². The Hall–Kier alpha value is -1.80. The number of ether oxygens (including phenoxy) is 2. The third-order valence-electron chi connectivity index (χ3n) is 3.73. The Morgan fingerprint density at radius 1 is 1.30 bits per heavy atom. The molecule has 1 heterocycles. The second-order valence-electron chi connectivity index (χ2n) is 5.55. The molecule has 0 radical (unpaired) electrons. The molecule has 1 aromatic rings. The van der Waals surface area contributed by atoms with E-state index in [0.29, 0.717) is 30.2 Å². The average Bonchev–Trinajstić information content (AvgIpc) is 2.52. The number of rotatable bonds is 5. The van der Waals surface area contributed by atoms with Crippen LogP contribution in [0.15, 0.2) is 18.2 Å². The summed E-state index contributed by atoms with van der Waals surface area (Å²) in [4.78, 5) is 14.4. The highest BCUT2D eigenvalue weighted by Gasteiger charge is 2.27. The molecule has 1 amide bonds. The Morgan fingerprint density at radius 3 is 2.65 bits per heavy atom. The molecule has 0 saturated carbocycles. The van der Waals surface area contributed by atoms with Crippen LogP contribution in [0.25, 0.3) is 0 Å². The molecule has 1 saturated heterocycles. The number of nitrogens with zero attached hydrogens (tertiary/aromatic N) is 1. The predicted molar refractivity (Wildman–Crippen MR) is 86.5 cm³/mol. The van der Waals surface area contributed by atoms with E-state index in [2.05, 4.69) is 4.72 Å². The quantitative estimate of drug-likeness (QED) is 0.858. The van der Waals surface area contributed by atoms with Crippen LogP contribution < -0.4 is 14.2 Å². The monoisotopic (exact) mass is 342 g/mol. The van der Waals surface area contributed by atoms with Crippen LogP contribution in [0.5, 0.6) is 11.5 Å². The zero-order chi connectivity index (χ0) is 17.0. The Balaban J connectivity index is 2.16. The topological polar surface area (TPSA) is 84.9 Å². The first kappa shape index (κ1) is 17.6. The number of carbonyl (C=O) groups excluding carboxylic acids is 1. The van der Waals surface area contributed by atoms with Gasteiger partial charge in [-0.25, -0.2) is 13.1 Å². The fourth-order valence-corrected chi connectivity index (χ4v) is 3.50. The van der Waals surface area contributed by atoms with Gasteiger partial charge in [0.25, 0.3) is 5.91 Å². The van der Waals surface area contributed by atoms with Gasteiger partial charge in [0, 0.05) is 25.2 Å². The molecule has 0 aliphatic carbocycles. The summed E-state index contributed by atoms with van der Waals surface area (Å²) in [6, 6.07) is 4.76. The van der Waals surface area contributed by atoms with Gasteiger partial charge in [-0.05, 0) is 25.0 Å². The average molecular weight is 342 g/mol. The molecule has 1 aliphatic rings. The maximum Gasteiger partial charge on any atom is 0.257 e. The Kier molecular flexibility index (Phi) is 5.48. The third kappa shape index (κ3) is 4.59. The van der Waals surface area contributed by atoms with Crippen LogP contribution in [-0.4, -0.2) is 58.8 Å². The zero-order valence-electron chi connectivity index (χ0n) is 13.5. The van der Waals surface area contributed by atoms with Crippen molar-refractivity contribution in [1.29, 1.82) is 0 Å². The highest BCUT2D eigenvalue weighted by Crippen LogP contribution is 2.26. The second-order valence-corrected chi connectivity index (χ2v) is 7.33. The smallest absolute Gasteiger partial charge is 0.257 e. The van der Waals surface area contributed by atoms with Crippen molar-refractivity contribution in [3.63, 3.8) is 0 Å². The molecule has 1 N–H and O–H groups in total. The number of carbonyl (C=O) groups is 1. The fourth-order valence-electron chi connectivity index (χ4n) is 2.71. The van der Waals surface area contributed by atoms with Gasteiger partial charge in [0.2, 0.25) is 10.0 Å². The molecular weight excluding hydrogens is 320 g/mol. The van der Waals surface area contributed by atoms with Crippen molar-refractivity contribution in [1.82, 2.24) is 9.62 Å². The maximum absolute atomic E-state index is 12.7. The van der Waals surface area contributed by atoms with Gasteiger partial charge < -0.3 is 14.4 Å². The van der Waals surface area contributed by atoms with E-state index in [0.717, 1.165) is 19.1 Å². The van der Waals surface area contributed by atoms with Gasteiger partial charge >= 0.3 is 0 Å². The molecule has 1 fully saturated rings. The number of hydrogen-bond donors (Lipinski definition) is 1. The van der Waals surface area contributed by atoms with Gasteiger partial charge in [-0.15, -0.1) is 0 Å².